The van der Waals surface area contributed by atoms with Crippen molar-refractivity contribution in [3.05, 3.63) is 34.9 Å². The van der Waals surface area contributed by atoms with E-state index >= 15 is 0 Å². The summed E-state index contributed by atoms with van der Waals surface area (Å²) in [6.45, 7) is 8.51. The molecule has 0 rings (SSSR count). The first-order valence-corrected chi connectivity index (χ1v) is 8.77. The Labute approximate surface area is 146 Å². The Kier molecular flexibility index (Phi) is 12.2. The third kappa shape index (κ3) is 12.1. The summed E-state index contributed by atoms with van der Waals surface area (Å²) < 4.78 is 0. The van der Waals surface area contributed by atoms with Crippen molar-refractivity contribution in [2.24, 2.45) is 0 Å². The Morgan fingerprint density at radius 2 is 1.38 bits per heavy atom. The summed E-state index contributed by atoms with van der Waals surface area (Å²) in [5, 5.41) is 27.3. The molecule has 24 heavy (non-hydrogen) atoms. The molecule has 2 unspecified atom stereocenters. The van der Waals surface area contributed by atoms with Gasteiger partial charge in [-0.2, -0.15) is 0 Å². The highest BCUT2D eigenvalue weighted by molar-refractivity contribution is 5.72. The Morgan fingerprint density at radius 3 is 1.88 bits per heavy atom. The van der Waals surface area contributed by atoms with Gasteiger partial charge in [0.1, 0.15) is 0 Å². The number of carboxylic acids is 1. The lowest BCUT2D eigenvalue weighted by molar-refractivity contribution is -0.153. The molecule has 0 aliphatic heterocycles. The van der Waals surface area contributed by atoms with Gasteiger partial charge in [0, 0.05) is 0 Å². The van der Waals surface area contributed by atoms with E-state index in [2.05, 4.69) is 45.9 Å². The minimum atomic E-state index is -1.69. The highest BCUT2D eigenvalue weighted by Crippen LogP contribution is 2.13. The van der Waals surface area contributed by atoms with Crippen molar-refractivity contribution in [1.82, 2.24) is 0 Å². The Hall–Kier alpha value is -1.39. The largest absolute Gasteiger partial charge is 0.479 e. The zero-order chi connectivity index (χ0) is 18.5. The molecule has 0 saturated carbocycles. The van der Waals surface area contributed by atoms with Gasteiger partial charge in [0.05, 0.1) is 6.10 Å². The topological polar surface area (TPSA) is 77.8 Å². The monoisotopic (exact) mass is 338 g/mol. The lowest BCUT2D eigenvalue weighted by Crippen LogP contribution is -2.33. The zero-order valence-electron chi connectivity index (χ0n) is 15.6. The summed E-state index contributed by atoms with van der Waals surface area (Å²) in [5.74, 6) is -1.37. The van der Waals surface area contributed by atoms with Gasteiger partial charge < -0.3 is 15.3 Å². The second-order valence-corrected chi connectivity index (χ2v) is 6.74. The molecule has 138 valence electrons. The van der Waals surface area contributed by atoms with Gasteiger partial charge in [-0.3, -0.25) is 0 Å². The Balaban J connectivity index is 3.95. The number of aliphatic hydroxyl groups is 2. The van der Waals surface area contributed by atoms with Crippen LogP contribution in [0.3, 0.4) is 0 Å². The summed E-state index contributed by atoms with van der Waals surface area (Å²) in [7, 11) is 0. The standard InChI is InChI=1S/C20H34O4/c1-15(2)9-7-11-17(4)13-8-12-16(3)10-5-6-14-18(21)19(22)20(23)24/h9-10,13,18-19,21-22H,5-8,11-12,14H2,1-4H3,(H,23,24). The van der Waals surface area contributed by atoms with Crippen molar-refractivity contribution < 1.29 is 20.1 Å². The molecule has 0 aromatic heterocycles. The highest BCUT2D eigenvalue weighted by Gasteiger charge is 2.22. The minimum absolute atomic E-state index is 0.292. The average molecular weight is 338 g/mol. The summed E-state index contributed by atoms with van der Waals surface area (Å²) in [6, 6.07) is 0. The maximum absolute atomic E-state index is 10.5. The van der Waals surface area contributed by atoms with Gasteiger partial charge in [-0.15, -0.1) is 0 Å². The van der Waals surface area contributed by atoms with Crippen molar-refractivity contribution >= 4 is 5.97 Å². The van der Waals surface area contributed by atoms with Crippen LogP contribution in [0.4, 0.5) is 0 Å². The van der Waals surface area contributed by atoms with Crippen LogP contribution in [0.5, 0.6) is 0 Å². The SMILES string of the molecule is CC(C)=CCCC(C)=CCCC(C)=CCCCC(O)C(O)C(=O)O. The molecule has 0 saturated heterocycles. The van der Waals surface area contributed by atoms with E-state index in [4.69, 9.17) is 5.11 Å². The van der Waals surface area contributed by atoms with Crippen LogP contribution in [0.1, 0.15) is 72.6 Å². The van der Waals surface area contributed by atoms with Gasteiger partial charge in [-0.25, -0.2) is 4.79 Å². The van der Waals surface area contributed by atoms with Crippen molar-refractivity contribution in [3.8, 4) is 0 Å². The quantitative estimate of drug-likeness (QED) is 0.364. The van der Waals surface area contributed by atoms with Crippen molar-refractivity contribution in [2.45, 2.75) is 84.8 Å². The molecule has 0 spiro atoms. The molecule has 2 atom stereocenters. The van der Waals surface area contributed by atoms with Gasteiger partial charge in [0.25, 0.3) is 0 Å². The van der Waals surface area contributed by atoms with Gasteiger partial charge in [0.2, 0.25) is 0 Å². The van der Waals surface area contributed by atoms with Crippen LogP contribution in [0, 0.1) is 0 Å². The predicted molar refractivity (Wildman–Crippen MR) is 98.9 cm³/mol. The number of hydrogen-bond acceptors (Lipinski definition) is 3. The lowest BCUT2D eigenvalue weighted by Gasteiger charge is -2.12. The third-order valence-electron chi connectivity index (χ3n) is 3.94. The molecule has 0 heterocycles. The number of carboxylic acid groups (broad SMARTS) is 1. The number of hydrogen-bond donors (Lipinski definition) is 3. The van der Waals surface area contributed by atoms with Crippen LogP contribution in [-0.4, -0.2) is 33.5 Å². The molecular formula is C20H34O4. The van der Waals surface area contributed by atoms with E-state index in [1.165, 1.54) is 16.7 Å². The molecule has 0 aromatic rings. The van der Waals surface area contributed by atoms with Gasteiger partial charge in [0.15, 0.2) is 6.10 Å². The molecule has 0 radical (unpaired) electrons. The van der Waals surface area contributed by atoms with Crippen LogP contribution in [0.2, 0.25) is 0 Å². The first-order chi connectivity index (χ1) is 11.2. The van der Waals surface area contributed by atoms with Gasteiger partial charge in [-0.1, -0.05) is 34.9 Å². The maximum atomic E-state index is 10.5. The van der Waals surface area contributed by atoms with Crippen molar-refractivity contribution in [2.75, 3.05) is 0 Å². The minimum Gasteiger partial charge on any atom is -0.479 e. The summed E-state index contributed by atoms with van der Waals surface area (Å²) in [4.78, 5) is 10.5. The molecule has 0 fully saturated rings. The number of unbranched alkanes of at least 4 members (excludes halogenated alkanes) is 1. The van der Waals surface area contributed by atoms with Crippen LogP contribution in [0.15, 0.2) is 34.9 Å². The van der Waals surface area contributed by atoms with Gasteiger partial charge >= 0.3 is 5.97 Å². The Bertz CT molecular complexity index is 456. The van der Waals surface area contributed by atoms with E-state index < -0.39 is 18.2 Å². The molecule has 0 aliphatic rings. The van der Waals surface area contributed by atoms with Crippen molar-refractivity contribution in [3.63, 3.8) is 0 Å². The number of allylic oxidation sites excluding steroid dienone is 6. The second-order valence-electron chi connectivity index (χ2n) is 6.74. The van der Waals surface area contributed by atoms with E-state index in [1.807, 2.05) is 0 Å². The molecule has 0 amide bonds. The van der Waals surface area contributed by atoms with E-state index in [9.17, 15) is 15.0 Å². The normalized spacial score (nSPS) is 15.1. The zero-order valence-corrected chi connectivity index (χ0v) is 15.6. The number of rotatable bonds is 12. The fourth-order valence-electron chi connectivity index (χ4n) is 2.34. The highest BCUT2D eigenvalue weighted by atomic mass is 16.4. The van der Waals surface area contributed by atoms with E-state index in [0.717, 1.165) is 32.1 Å². The van der Waals surface area contributed by atoms with E-state index in [-0.39, 0.29) is 0 Å². The van der Waals surface area contributed by atoms with Crippen LogP contribution < -0.4 is 0 Å². The van der Waals surface area contributed by atoms with E-state index in [0.29, 0.717) is 12.8 Å². The number of aliphatic hydroxyl groups excluding tert-OH is 2. The first-order valence-electron chi connectivity index (χ1n) is 8.77. The molecule has 4 nitrogen and oxygen atoms in total. The molecule has 0 aliphatic carbocycles. The lowest BCUT2D eigenvalue weighted by atomic mass is 10.0. The smallest absolute Gasteiger partial charge is 0.335 e. The molecule has 0 bridgehead atoms. The summed E-state index contributed by atoms with van der Waals surface area (Å²) in [6.07, 6.45) is 9.82. The number of carbonyl (C=O) groups is 1. The Morgan fingerprint density at radius 1 is 0.875 bits per heavy atom. The maximum Gasteiger partial charge on any atom is 0.335 e. The number of aliphatic carboxylic acids is 1. The van der Waals surface area contributed by atoms with Crippen molar-refractivity contribution in [1.29, 1.82) is 0 Å². The second kappa shape index (κ2) is 13.0. The summed E-state index contributed by atoms with van der Waals surface area (Å²) >= 11 is 0. The third-order valence-corrected chi connectivity index (χ3v) is 3.94. The molecule has 4 heteroatoms. The van der Waals surface area contributed by atoms with E-state index in [1.54, 1.807) is 0 Å². The summed E-state index contributed by atoms with van der Waals surface area (Å²) in [5.41, 5.74) is 4.09. The molecule has 3 N–H and O–H groups in total. The average Bonchev–Trinajstić information content (AvgIpc) is 2.50. The molecular weight excluding hydrogens is 304 g/mol. The van der Waals surface area contributed by atoms with Crippen LogP contribution >= 0.6 is 0 Å². The first kappa shape index (κ1) is 22.6. The van der Waals surface area contributed by atoms with Gasteiger partial charge in [-0.05, 0) is 72.6 Å². The van der Waals surface area contributed by atoms with Crippen LogP contribution in [-0.2, 0) is 4.79 Å². The fourth-order valence-corrected chi connectivity index (χ4v) is 2.34. The molecule has 0 aromatic carbocycles. The fraction of sp³-hybridized carbons (Fsp3) is 0.650. The predicted octanol–water partition coefficient (Wildman–Crippen LogP) is 4.38. The van der Waals surface area contributed by atoms with Crippen LogP contribution in [0.25, 0.3) is 0 Å².